The fourth-order valence-corrected chi connectivity index (χ4v) is 2.82. The van der Waals surface area contributed by atoms with Crippen LogP contribution in [0.15, 0.2) is 18.2 Å². The number of fused-ring (bicyclic) bond motifs is 1. The maximum absolute atomic E-state index is 11.8. The van der Waals surface area contributed by atoms with Crippen LogP contribution in [0.3, 0.4) is 0 Å². The molecular weight excluding hydrogens is 282 g/mol. The van der Waals surface area contributed by atoms with E-state index in [1.165, 1.54) is 12.0 Å². The molecule has 2 heterocycles. The maximum Gasteiger partial charge on any atom is 0.246 e. The molecule has 1 aromatic carbocycles. The van der Waals surface area contributed by atoms with Crippen LogP contribution >= 0.6 is 0 Å². The lowest BCUT2D eigenvalue weighted by Gasteiger charge is -2.22. The van der Waals surface area contributed by atoms with Crippen LogP contribution in [0.2, 0.25) is 0 Å². The van der Waals surface area contributed by atoms with Crippen molar-refractivity contribution in [1.29, 1.82) is 0 Å². The predicted molar refractivity (Wildman–Crippen MR) is 81.9 cm³/mol. The van der Waals surface area contributed by atoms with Gasteiger partial charge in [0.2, 0.25) is 5.91 Å². The van der Waals surface area contributed by atoms with E-state index in [2.05, 4.69) is 11.4 Å². The minimum Gasteiger partial charge on any atom is -0.493 e. The third kappa shape index (κ3) is 4.21. The molecule has 2 aliphatic heterocycles. The summed E-state index contributed by atoms with van der Waals surface area (Å²) >= 11 is 0. The Balaban J connectivity index is 1.35. The van der Waals surface area contributed by atoms with Gasteiger partial charge < -0.3 is 19.5 Å². The lowest BCUT2D eigenvalue weighted by molar-refractivity contribution is -0.128. The van der Waals surface area contributed by atoms with Gasteiger partial charge in [-0.15, -0.1) is 0 Å². The van der Waals surface area contributed by atoms with E-state index < -0.39 is 0 Å². The molecule has 0 saturated carbocycles. The molecule has 2 aliphatic rings. The minimum absolute atomic E-state index is 0.0902. The van der Waals surface area contributed by atoms with Gasteiger partial charge in [0.1, 0.15) is 12.4 Å². The molecule has 0 radical (unpaired) electrons. The second kappa shape index (κ2) is 7.61. The smallest absolute Gasteiger partial charge is 0.246 e. The molecule has 120 valence electrons. The summed E-state index contributed by atoms with van der Waals surface area (Å²) in [7, 11) is 0. The zero-order valence-electron chi connectivity index (χ0n) is 12.8. The first-order chi connectivity index (χ1) is 10.8. The number of rotatable bonds is 6. The molecule has 1 saturated heterocycles. The quantitative estimate of drug-likeness (QED) is 0.871. The third-order valence-corrected chi connectivity index (χ3v) is 4.05. The Morgan fingerprint density at radius 3 is 3.14 bits per heavy atom. The highest BCUT2D eigenvalue weighted by atomic mass is 16.5. The van der Waals surface area contributed by atoms with E-state index in [0.717, 1.165) is 43.8 Å². The second-order valence-corrected chi connectivity index (χ2v) is 5.82. The number of amides is 1. The summed E-state index contributed by atoms with van der Waals surface area (Å²) in [6.07, 6.45) is 4.43. The van der Waals surface area contributed by atoms with E-state index in [1.807, 2.05) is 12.1 Å². The first-order valence-corrected chi connectivity index (χ1v) is 8.02. The first-order valence-electron chi connectivity index (χ1n) is 8.02. The average molecular weight is 305 g/mol. The van der Waals surface area contributed by atoms with Crippen LogP contribution in [0.25, 0.3) is 0 Å². The van der Waals surface area contributed by atoms with Gasteiger partial charge in [-0.3, -0.25) is 4.79 Å². The monoisotopic (exact) mass is 305 g/mol. The van der Waals surface area contributed by atoms with Crippen molar-refractivity contribution in [3.05, 3.63) is 29.3 Å². The summed E-state index contributed by atoms with van der Waals surface area (Å²) in [4.78, 5) is 11.8. The van der Waals surface area contributed by atoms with Crippen molar-refractivity contribution in [3.8, 4) is 5.75 Å². The van der Waals surface area contributed by atoms with Crippen molar-refractivity contribution in [1.82, 2.24) is 5.32 Å². The van der Waals surface area contributed by atoms with E-state index in [1.54, 1.807) is 0 Å². The van der Waals surface area contributed by atoms with Crippen molar-refractivity contribution in [3.63, 3.8) is 0 Å². The highest BCUT2D eigenvalue weighted by Crippen LogP contribution is 2.25. The highest BCUT2D eigenvalue weighted by Gasteiger charge is 2.15. The Morgan fingerprint density at radius 1 is 1.32 bits per heavy atom. The number of benzene rings is 1. The molecule has 0 bridgehead atoms. The molecule has 5 nitrogen and oxygen atoms in total. The van der Waals surface area contributed by atoms with Crippen LogP contribution in [0, 0.1) is 0 Å². The predicted octanol–water partition coefficient (Wildman–Crippen LogP) is 1.82. The fraction of sp³-hybridized carbons (Fsp3) is 0.588. The molecule has 5 heteroatoms. The van der Waals surface area contributed by atoms with Crippen molar-refractivity contribution < 1.29 is 19.0 Å². The summed E-state index contributed by atoms with van der Waals surface area (Å²) < 4.78 is 16.5. The molecule has 0 aromatic heterocycles. The molecule has 0 spiro atoms. The standard InChI is InChI=1S/C17H23NO4/c19-17(12-20-11-15-3-1-2-7-21-15)18-10-13-4-5-16-14(9-13)6-8-22-16/h4-5,9,15H,1-3,6-8,10-12H2,(H,18,19). The maximum atomic E-state index is 11.8. The van der Waals surface area contributed by atoms with Crippen LogP contribution in [0.1, 0.15) is 30.4 Å². The van der Waals surface area contributed by atoms with Gasteiger partial charge >= 0.3 is 0 Å². The lowest BCUT2D eigenvalue weighted by atomic mass is 10.1. The highest BCUT2D eigenvalue weighted by molar-refractivity contribution is 5.77. The molecule has 1 fully saturated rings. The summed E-state index contributed by atoms with van der Waals surface area (Å²) in [6.45, 7) is 2.68. The summed E-state index contributed by atoms with van der Waals surface area (Å²) in [6, 6.07) is 6.06. The zero-order chi connectivity index (χ0) is 15.2. The molecule has 1 unspecified atom stereocenters. The first kappa shape index (κ1) is 15.3. The molecule has 22 heavy (non-hydrogen) atoms. The Morgan fingerprint density at radius 2 is 2.27 bits per heavy atom. The van der Waals surface area contributed by atoms with Crippen LogP contribution in [0.4, 0.5) is 0 Å². The fourth-order valence-electron chi connectivity index (χ4n) is 2.82. The number of ether oxygens (including phenoxy) is 3. The van der Waals surface area contributed by atoms with Crippen LogP contribution in [0.5, 0.6) is 5.75 Å². The van der Waals surface area contributed by atoms with Gasteiger partial charge in [-0.2, -0.15) is 0 Å². The lowest BCUT2D eigenvalue weighted by Crippen LogP contribution is -2.30. The van der Waals surface area contributed by atoms with Crippen LogP contribution < -0.4 is 10.1 Å². The Bertz CT molecular complexity index is 511. The Labute approximate surface area is 130 Å². The van der Waals surface area contributed by atoms with Gasteiger partial charge in [0, 0.05) is 19.6 Å². The molecule has 1 aromatic rings. The van der Waals surface area contributed by atoms with E-state index in [4.69, 9.17) is 14.2 Å². The number of carbonyl (C=O) groups excluding carboxylic acids is 1. The Kier molecular flexibility index (Phi) is 5.29. The van der Waals surface area contributed by atoms with Crippen molar-refractivity contribution in [2.45, 2.75) is 38.3 Å². The van der Waals surface area contributed by atoms with E-state index in [0.29, 0.717) is 13.2 Å². The molecule has 1 N–H and O–H groups in total. The summed E-state index contributed by atoms with van der Waals surface area (Å²) in [5, 5.41) is 2.88. The second-order valence-electron chi connectivity index (χ2n) is 5.82. The van der Waals surface area contributed by atoms with Crippen LogP contribution in [-0.2, 0) is 27.2 Å². The number of nitrogens with one attached hydrogen (secondary N) is 1. The summed E-state index contributed by atoms with van der Waals surface area (Å²) in [5.74, 6) is 0.874. The molecular formula is C17H23NO4. The van der Waals surface area contributed by atoms with Gasteiger partial charge in [-0.25, -0.2) is 0 Å². The number of hydrogen-bond acceptors (Lipinski definition) is 4. The molecule has 1 amide bonds. The number of carbonyl (C=O) groups is 1. The topological polar surface area (TPSA) is 56.8 Å². The van der Waals surface area contributed by atoms with E-state index in [-0.39, 0.29) is 18.6 Å². The van der Waals surface area contributed by atoms with Gasteiger partial charge in [-0.1, -0.05) is 12.1 Å². The molecule has 3 rings (SSSR count). The number of hydrogen-bond donors (Lipinski definition) is 1. The van der Waals surface area contributed by atoms with Crippen molar-refractivity contribution >= 4 is 5.91 Å². The van der Waals surface area contributed by atoms with Gasteiger partial charge in [-0.05, 0) is 36.5 Å². The average Bonchev–Trinajstić information content (AvgIpc) is 3.01. The van der Waals surface area contributed by atoms with Crippen LogP contribution in [-0.4, -0.2) is 38.4 Å². The van der Waals surface area contributed by atoms with Gasteiger partial charge in [0.15, 0.2) is 0 Å². The Hall–Kier alpha value is -1.59. The molecule has 0 aliphatic carbocycles. The SMILES string of the molecule is O=C(COCC1CCCCO1)NCc1ccc2c(c1)CCO2. The molecule has 1 atom stereocenters. The van der Waals surface area contributed by atoms with Crippen molar-refractivity contribution in [2.24, 2.45) is 0 Å². The largest absolute Gasteiger partial charge is 0.493 e. The normalized spacial score (nSPS) is 20.3. The minimum atomic E-state index is -0.0902. The third-order valence-electron chi connectivity index (χ3n) is 4.05. The van der Waals surface area contributed by atoms with E-state index in [9.17, 15) is 4.79 Å². The van der Waals surface area contributed by atoms with Gasteiger partial charge in [0.05, 0.1) is 19.3 Å². The van der Waals surface area contributed by atoms with Gasteiger partial charge in [0.25, 0.3) is 0 Å². The van der Waals surface area contributed by atoms with E-state index >= 15 is 0 Å². The zero-order valence-corrected chi connectivity index (χ0v) is 12.8. The summed E-state index contributed by atoms with van der Waals surface area (Å²) in [5.41, 5.74) is 2.31. The van der Waals surface area contributed by atoms with Crippen molar-refractivity contribution in [2.75, 3.05) is 26.4 Å².